The Bertz CT molecular complexity index is 1190. The Balaban J connectivity index is 1.64. The van der Waals surface area contributed by atoms with Gasteiger partial charge in [0.25, 0.3) is 0 Å². The Morgan fingerprint density at radius 3 is 2.79 bits per heavy atom. The van der Waals surface area contributed by atoms with Gasteiger partial charge in [-0.1, -0.05) is 29.8 Å². The molecule has 5 rings (SSSR count). The maximum atomic E-state index is 14.1. The van der Waals surface area contributed by atoms with Gasteiger partial charge in [-0.2, -0.15) is 21.5 Å². The first-order valence-corrected chi connectivity index (χ1v) is 10.8. The minimum absolute atomic E-state index is 0.104. The quantitative estimate of drug-likeness (QED) is 0.428. The molecule has 0 saturated carbocycles. The molecule has 0 amide bonds. The Morgan fingerprint density at radius 2 is 1.97 bits per heavy atom. The summed E-state index contributed by atoms with van der Waals surface area (Å²) in [7, 11) is 0. The molecule has 2 aromatic carbocycles. The second kappa shape index (κ2) is 7.69. The zero-order chi connectivity index (χ0) is 19.8. The smallest absolute Gasteiger partial charge is 0.226 e. The van der Waals surface area contributed by atoms with Gasteiger partial charge in [-0.3, -0.25) is 4.98 Å². The SMILES string of the molecule is Fc1ccccc1COc1c2cnc3c(c2nn1-c1ccc(Cl)cc1)CSCC3. The topological polar surface area (TPSA) is 39.9 Å². The molecule has 2 aromatic heterocycles. The average molecular weight is 426 g/mol. The highest BCUT2D eigenvalue weighted by Crippen LogP contribution is 2.35. The number of benzene rings is 2. The molecule has 0 aliphatic carbocycles. The summed E-state index contributed by atoms with van der Waals surface area (Å²) in [5.41, 5.74) is 4.46. The number of pyridine rings is 1. The highest BCUT2D eigenvalue weighted by Gasteiger charge is 2.22. The van der Waals surface area contributed by atoms with Crippen LogP contribution in [0.4, 0.5) is 4.39 Å². The van der Waals surface area contributed by atoms with Crippen molar-refractivity contribution in [1.29, 1.82) is 0 Å². The highest BCUT2D eigenvalue weighted by molar-refractivity contribution is 7.98. The van der Waals surface area contributed by atoms with E-state index in [1.165, 1.54) is 6.07 Å². The lowest BCUT2D eigenvalue weighted by molar-refractivity contribution is 0.282. The molecule has 4 nitrogen and oxygen atoms in total. The first-order valence-electron chi connectivity index (χ1n) is 9.30. The average Bonchev–Trinajstić information content (AvgIpc) is 3.13. The molecule has 0 radical (unpaired) electrons. The van der Waals surface area contributed by atoms with Crippen molar-refractivity contribution >= 4 is 34.3 Å². The maximum Gasteiger partial charge on any atom is 0.226 e. The first-order chi connectivity index (χ1) is 14.2. The number of ether oxygens (including phenoxy) is 1. The molecule has 0 atom stereocenters. The van der Waals surface area contributed by atoms with Crippen LogP contribution in [-0.2, 0) is 18.8 Å². The molecular weight excluding hydrogens is 409 g/mol. The Hall–Kier alpha value is -2.57. The van der Waals surface area contributed by atoms with Crippen molar-refractivity contribution in [1.82, 2.24) is 14.8 Å². The van der Waals surface area contributed by atoms with E-state index in [1.807, 2.05) is 42.2 Å². The molecular formula is C22H17ClFN3OS. The minimum atomic E-state index is -0.290. The van der Waals surface area contributed by atoms with Gasteiger partial charge in [-0.05, 0) is 42.5 Å². The van der Waals surface area contributed by atoms with Gasteiger partial charge in [-0.15, -0.1) is 0 Å². The molecule has 4 aromatic rings. The van der Waals surface area contributed by atoms with Crippen LogP contribution in [0.5, 0.6) is 5.88 Å². The number of aryl methyl sites for hydroxylation is 1. The third-order valence-corrected chi connectivity index (χ3v) is 6.22. The van der Waals surface area contributed by atoms with Crippen LogP contribution in [0.25, 0.3) is 16.6 Å². The maximum absolute atomic E-state index is 14.1. The number of rotatable bonds is 4. The number of aromatic nitrogens is 3. The van der Waals surface area contributed by atoms with Crippen LogP contribution >= 0.6 is 23.4 Å². The number of hydrogen-bond acceptors (Lipinski definition) is 4. The van der Waals surface area contributed by atoms with Gasteiger partial charge in [0.15, 0.2) is 0 Å². The van der Waals surface area contributed by atoms with E-state index in [9.17, 15) is 4.39 Å². The molecule has 0 unspecified atom stereocenters. The Kier molecular flexibility index (Phi) is 4.89. The van der Waals surface area contributed by atoms with Crippen molar-refractivity contribution in [2.75, 3.05) is 5.75 Å². The third-order valence-electron chi connectivity index (χ3n) is 4.98. The summed E-state index contributed by atoms with van der Waals surface area (Å²) < 4.78 is 22.0. The standard InChI is InChI=1S/C22H17ClFN3OS/c23-15-5-7-16(8-6-15)27-22(28-12-14-3-1-2-4-19(14)24)17-11-25-20-9-10-29-13-18(20)21(17)26-27/h1-8,11H,9-10,12-13H2. The van der Waals surface area contributed by atoms with Crippen molar-refractivity contribution in [2.24, 2.45) is 0 Å². The fraction of sp³-hybridized carbons (Fsp3) is 0.182. The van der Waals surface area contributed by atoms with Crippen molar-refractivity contribution in [3.05, 3.63) is 82.4 Å². The molecule has 1 aliphatic rings. The van der Waals surface area contributed by atoms with Gasteiger partial charge in [0.2, 0.25) is 5.88 Å². The molecule has 0 N–H and O–H groups in total. The molecule has 146 valence electrons. The molecule has 7 heteroatoms. The second-order valence-electron chi connectivity index (χ2n) is 6.82. The van der Waals surface area contributed by atoms with Crippen LogP contribution < -0.4 is 4.74 Å². The van der Waals surface area contributed by atoms with Crippen molar-refractivity contribution < 1.29 is 9.13 Å². The zero-order valence-electron chi connectivity index (χ0n) is 15.4. The molecule has 0 fully saturated rings. The summed E-state index contributed by atoms with van der Waals surface area (Å²) in [5.74, 6) is 2.21. The van der Waals surface area contributed by atoms with Gasteiger partial charge >= 0.3 is 0 Å². The largest absolute Gasteiger partial charge is 0.472 e. The van der Waals surface area contributed by atoms with E-state index in [0.29, 0.717) is 16.5 Å². The number of nitrogens with zero attached hydrogens (tertiary/aromatic N) is 3. The van der Waals surface area contributed by atoms with Crippen molar-refractivity contribution in [3.8, 4) is 11.6 Å². The monoisotopic (exact) mass is 425 g/mol. The molecule has 29 heavy (non-hydrogen) atoms. The lowest BCUT2D eigenvalue weighted by atomic mass is 10.1. The zero-order valence-corrected chi connectivity index (χ0v) is 17.0. The van der Waals surface area contributed by atoms with Crippen LogP contribution in [0, 0.1) is 5.82 Å². The predicted molar refractivity (Wildman–Crippen MR) is 114 cm³/mol. The van der Waals surface area contributed by atoms with Crippen molar-refractivity contribution in [2.45, 2.75) is 18.8 Å². The summed E-state index contributed by atoms with van der Waals surface area (Å²) in [6.07, 6.45) is 2.76. The van der Waals surface area contributed by atoms with Gasteiger partial charge in [-0.25, -0.2) is 4.39 Å². The number of fused-ring (bicyclic) bond motifs is 3. The van der Waals surface area contributed by atoms with E-state index in [-0.39, 0.29) is 12.4 Å². The number of halogens is 2. The number of hydrogen-bond donors (Lipinski definition) is 0. The van der Waals surface area contributed by atoms with Gasteiger partial charge in [0.05, 0.1) is 11.1 Å². The predicted octanol–water partition coefficient (Wildman–Crippen LogP) is 5.58. The lowest BCUT2D eigenvalue weighted by Gasteiger charge is -2.14. The molecule has 0 saturated heterocycles. The first kappa shape index (κ1) is 18.5. The van der Waals surface area contributed by atoms with Crippen LogP contribution in [0.2, 0.25) is 5.02 Å². The third kappa shape index (κ3) is 3.47. The Labute approximate surface area is 176 Å². The summed E-state index contributed by atoms with van der Waals surface area (Å²) in [6.45, 7) is 0.104. The summed E-state index contributed by atoms with van der Waals surface area (Å²) in [6, 6.07) is 14.0. The second-order valence-corrected chi connectivity index (χ2v) is 8.36. The molecule has 1 aliphatic heterocycles. The van der Waals surface area contributed by atoms with Crippen molar-refractivity contribution in [3.63, 3.8) is 0 Å². The van der Waals surface area contributed by atoms with Crippen LogP contribution in [-0.4, -0.2) is 20.5 Å². The van der Waals surface area contributed by atoms with E-state index < -0.39 is 0 Å². The van der Waals surface area contributed by atoms with E-state index >= 15 is 0 Å². The van der Waals surface area contributed by atoms with Crippen LogP contribution in [0.1, 0.15) is 16.8 Å². The van der Waals surface area contributed by atoms with Gasteiger partial charge < -0.3 is 4.74 Å². The van der Waals surface area contributed by atoms with E-state index in [4.69, 9.17) is 21.4 Å². The normalized spacial score (nSPS) is 13.4. The lowest BCUT2D eigenvalue weighted by Crippen LogP contribution is -2.05. The van der Waals surface area contributed by atoms with Gasteiger partial charge in [0, 0.05) is 33.8 Å². The fourth-order valence-corrected chi connectivity index (χ4v) is 4.59. The molecule has 0 spiro atoms. The summed E-state index contributed by atoms with van der Waals surface area (Å²) in [4.78, 5) is 4.66. The summed E-state index contributed by atoms with van der Waals surface area (Å²) in [5, 5.41) is 6.34. The van der Waals surface area contributed by atoms with Crippen LogP contribution in [0.15, 0.2) is 54.7 Å². The van der Waals surface area contributed by atoms with E-state index in [2.05, 4.69) is 4.98 Å². The number of thioether (sulfide) groups is 1. The fourth-order valence-electron chi connectivity index (χ4n) is 3.48. The molecule has 0 bridgehead atoms. The minimum Gasteiger partial charge on any atom is -0.472 e. The highest BCUT2D eigenvalue weighted by atomic mass is 35.5. The van der Waals surface area contributed by atoms with E-state index in [0.717, 1.165) is 45.8 Å². The Morgan fingerprint density at radius 1 is 1.14 bits per heavy atom. The van der Waals surface area contributed by atoms with E-state index in [1.54, 1.807) is 22.9 Å². The van der Waals surface area contributed by atoms with Gasteiger partial charge in [0.1, 0.15) is 17.9 Å². The summed E-state index contributed by atoms with van der Waals surface area (Å²) >= 11 is 7.94. The molecule has 3 heterocycles. The van der Waals surface area contributed by atoms with Crippen LogP contribution in [0.3, 0.4) is 0 Å².